The Balaban J connectivity index is 0.000000376. The summed E-state index contributed by atoms with van der Waals surface area (Å²) in [6.07, 6.45) is 1.79. The van der Waals surface area contributed by atoms with Crippen molar-refractivity contribution in [1.82, 2.24) is 10.3 Å². The van der Waals surface area contributed by atoms with Gasteiger partial charge in [0.1, 0.15) is 21.9 Å². The highest BCUT2D eigenvalue weighted by atomic mass is 35.5. The van der Waals surface area contributed by atoms with E-state index in [0.29, 0.717) is 10.7 Å². The number of nitrogens with two attached hydrogens (primary N) is 1. The second-order valence-electron chi connectivity index (χ2n) is 6.25. The maximum Gasteiger partial charge on any atom is 0.267 e. The number of benzene rings is 2. The SMILES string of the molecule is NS(=O)CCl.O=C(NC1Cc2ccccc2C1)c1cc2cc(Cl)ccc2[nH]1. The minimum Gasteiger partial charge on any atom is -0.351 e. The van der Waals surface area contributed by atoms with E-state index < -0.39 is 11.0 Å². The first-order chi connectivity index (χ1) is 13.0. The summed E-state index contributed by atoms with van der Waals surface area (Å²) in [4.78, 5) is 15.6. The van der Waals surface area contributed by atoms with Gasteiger partial charge >= 0.3 is 0 Å². The maximum absolute atomic E-state index is 12.4. The zero-order valence-electron chi connectivity index (χ0n) is 14.4. The molecule has 0 bridgehead atoms. The zero-order valence-corrected chi connectivity index (χ0v) is 16.7. The van der Waals surface area contributed by atoms with Gasteiger partial charge in [0, 0.05) is 22.0 Å². The predicted octanol–water partition coefficient (Wildman–Crippen LogP) is 3.52. The number of halogens is 2. The standard InChI is InChI=1S/C18H15ClN2O.CH4ClNOS/c19-14-5-6-16-13(7-14)10-17(21-16)18(22)20-15-8-11-3-1-2-4-12(11)9-15;2-1-5(3)4/h1-7,10,15,21H,8-9H2,(H,20,22);1,3H2. The van der Waals surface area contributed by atoms with E-state index in [9.17, 15) is 9.00 Å². The lowest BCUT2D eigenvalue weighted by molar-refractivity contribution is 0.0934. The van der Waals surface area contributed by atoms with Crippen LogP contribution in [-0.2, 0) is 23.8 Å². The fraction of sp³-hybridized carbons (Fsp3) is 0.211. The number of nitrogens with one attached hydrogen (secondary N) is 2. The summed E-state index contributed by atoms with van der Waals surface area (Å²) >= 11 is 10.9. The third kappa shape index (κ3) is 5.11. The van der Waals surface area contributed by atoms with Crippen LogP contribution in [0.4, 0.5) is 0 Å². The molecule has 0 saturated carbocycles. The number of carbonyl (C=O) groups excluding carboxylic acids is 1. The smallest absolute Gasteiger partial charge is 0.267 e. The van der Waals surface area contributed by atoms with E-state index in [1.807, 2.05) is 36.4 Å². The lowest BCUT2D eigenvalue weighted by atomic mass is 10.1. The molecule has 0 radical (unpaired) electrons. The summed E-state index contributed by atoms with van der Waals surface area (Å²) in [5.41, 5.74) is 4.16. The Bertz CT molecular complexity index is 965. The number of aromatic nitrogens is 1. The van der Waals surface area contributed by atoms with Crippen LogP contribution in [-0.4, -0.2) is 26.4 Å². The molecular weight excluding hydrogens is 405 g/mol. The van der Waals surface area contributed by atoms with Gasteiger partial charge in [-0.25, -0.2) is 4.21 Å². The van der Waals surface area contributed by atoms with Crippen LogP contribution in [0.3, 0.4) is 0 Å². The molecule has 142 valence electrons. The summed E-state index contributed by atoms with van der Waals surface area (Å²) < 4.78 is 9.57. The average molecular weight is 424 g/mol. The number of fused-ring (bicyclic) bond motifs is 2. The first-order valence-electron chi connectivity index (χ1n) is 8.31. The van der Waals surface area contributed by atoms with E-state index in [0.717, 1.165) is 23.7 Å². The summed E-state index contributed by atoms with van der Waals surface area (Å²) in [7, 11) is -1.31. The van der Waals surface area contributed by atoms with Gasteiger partial charge in [-0.3, -0.25) is 9.93 Å². The zero-order chi connectivity index (χ0) is 19.4. The molecule has 3 aromatic rings. The number of amides is 1. The van der Waals surface area contributed by atoms with Crippen LogP contribution in [0.25, 0.3) is 10.9 Å². The Morgan fingerprint density at radius 3 is 2.41 bits per heavy atom. The molecular formula is C19H19Cl2N3O2S. The molecule has 1 unspecified atom stereocenters. The van der Waals surface area contributed by atoms with Crippen LogP contribution in [0, 0.1) is 0 Å². The van der Waals surface area contributed by atoms with Crippen LogP contribution in [0.1, 0.15) is 21.6 Å². The van der Waals surface area contributed by atoms with Crippen LogP contribution in [0.15, 0.2) is 48.5 Å². The van der Waals surface area contributed by atoms with E-state index in [1.54, 1.807) is 0 Å². The monoisotopic (exact) mass is 423 g/mol. The van der Waals surface area contributed by atoms with Gasteiger partial charge in [-0.15, -0.1) is 11.6 Å². The van der Waals surface area contributed by atoms with Crippen molar-refractivity contribution in [1.29, 1.82) is 0 Å². The van der Waals surface area contributed by atoms with Gasteiger partial charge < -0.3 is 10.3 Å². The number of alkyl halides is 1. The van der Waals surface area contributed by atoms with Crippen LogP contribution >= 0.6 is 23.2 Å². The molecule has 1 atom stereocenters. The highest BCUT2D eigenvalue weighted by molar-refractivity contribution is 7.83. The molecule has 8 heteroatoms. The molecule has 2 aromatic carbocycles. The van der Waals surface area contributed by atoms with E-state index in [2.05, 4.69) is 27.6 Å². The van der Waals surface area contributed by atoms with Crippen molar-refractivity contribution in [3.63, 3.8) is 0 Å². The molecule has 4 N–H and O–H groups in total. The molecule has 0 fully saturated rings. The number of carbonyl (C=O) groups is 1. The Kier molecular flexibility index (Phi) is 6.55. The predicted molar refractivity (Wildman–Crippen MR) is 111 cm³/mol. The molecule has 0 aliphatic heterocycles. The molecule has 27 heavy (non-hydrogen) atoms. The molecule has 1 aliphatic carbocycles. The van der Waals surface area contributed by atoms with Crippen LogP contribution < -0.4 is 10.5 Å². The summed E-state index contributed by atoms with van der Waals surface area (Å²) in [5, 5.41) is 9.40. The quantitative estimate of drug-likeness (QED) is 0.562. The largest absolute Gasteiger partial charge is 0.351 e. The topological polar surface area (TPSA) is 88.0 Å². The van der Waals surface area contributed by atoms with Gasteiger partial charge in [-0.1, -0.05) is 35.9 Å². The first-order valence-corrected chi connectivity index (χ1v) is 10.6. The van der Waals surface area contributed by atoms with Crippen molar-refractivity contribution in [2.75, 3.05) is 5.21 Å². The van der Waals surface area contributed by atoms with Crippen molar-refractivity contribution in [3.8, 4) is 0 Å². The molecule has 1 aromatic heterocycles. The van der Waals surface area contributed by atoms with Crippen LogP contribution in [0.5, 0.6) is 0 Å². The van der Waals surface area contributed by atoms with E-state index >= 15 is 0 Å². The van der Waals surface area contributed by atoms with Gasteiger partial charge in [0.25, 0.3) is 5.91 Å². The molecule has 4 rings (SSSR count). The molecule has 1 heterocycles. The van der Waals surface area contributed by atoms with Gasteiger partial charge in [0.15, 0.2) is 0 Å². The summed E-state index contributed by atoms with van der Waals surface area (Å²) in [5.74, 6) is -0.0647. The molecule has 1 amide bonds. The van der Waals surface area contributed by atoms with Crippen molar-refractivity contribution in [2.45, 2.75) is 18.9 Å². The number of rotatable bonds is 3. The van der Waals surface area contributed by atoms with Crippen molar-refractivity contribution in [3.05, 3.63) is 70.4 Å². The van der Waals surface area contributed by atoms with E-state index in [4.69, 9.17) is 23.2 Å². The fourth-order valence-electron chi connectivity index (χ4n) is 3.15. The Hall–Kier alpha value is -1.86. The first kappa shape index (κ1) is 19.9. The van der Waals surface area contributed by atoms with Crippen molar-refractivity contribution in [2.24, 2.45) is 5.14 Å². The number of H-pyrrole nitrogens is 1. The Labute approximate surface area is 169 Å². The second-order valence-corrected chi connectivity index (χ2v) is 8.32. The minimum absolute atomic E-state index is 0.0278. The van der Waals surface area contributed by atoms with Crippen LogP contribution in [0.2, 0.25) is 5.02 Å². The summed E-state index contributed by atoms with van der Waals surface area (Å²) in [6, 6.07) is 15.9. The van der Waals surface area contributed by atoms with Crippen molar-refractivity contribution >= 4 is 51.0 Å². The Morgan fingerprint density at radius 2 is 1.81 bits per heavy atom. The molecule has 1 aliphatic rings. The van der Waals surface area contributed by atoms with Crippen molar-refractivity contribution < 1.29 is 9.00 Å². The lowest BCUT2D eigenvalue weighted by Gasteiger charge is -2.10. The lowest BCUT2D eigenvalue weighted by Crippen LogP contribution is -2.35. The number of hydrogen-bond acceptors (Lipinski definition) is 2. The highest BCUT2D eigenvalue weighted by Crippen LogP contribution is 2.23. The second kappa shape index (κ2) is 8.89. The third-order valence-electron chi connectivity index (χ3n) is 4.32. The van der Waals surface area contributed by atoms with E-state index in [-0.39, 0.29) is 17.2 Å². The van der Waals surface area contributed by atoms with Gasteiger partial charge in [-0.2, -0.15) is 0 Å². The normalized spacial score (nSPS) is 14.3. The minimum atomic E-state index is -1.31. The molecule has 5 nitrogen and oxygen atoms in total. The molecule has 0 saturated heterocycles. The van der Waals surface area contributed by atoms with Gasteiger partial charge in [-0.05, 0) is 48.2 Å². The number of aromatic amines is 1. The molecule has 0 spiro atoms. The maximum atomic E-state index is 12.4. The highest BCUT2D eigenvalue weighted by Gasteiger charge is 2.23. The summed E-state index contributed by atoms with van der Waals surface area (Å²) in [6.45, 7) is 0. The third-order valence-corrected chi connectivity index (χ3v) is 5.42. The number of hydrogen-bond donors (Lipinski definition) is 3. The van der Waals surface area contributed by atoms with Gasteiger partial charge in [0.2, 0.25) is 0 Å². The van der Waals surface area contributed by atoms with Gasteiger partial charge in [0.05, 0.1) is 0 Å². The fourth-order valence-corrected chi connectivity index (χ4v) is 3.33. The van der Waals surface area contributed by atoms with E-state index in [1.165, 1.54) is 11.1 Å². The average Bonchev–Trinajstić information content (AvgIpc) is 3.24. The Morgan fingerprint density at radius 1 is 1.19 bits per heavy atom.